The van der Waals surface area contributed by atoms with E-state index in [2.05, 4.69) is 24.4 Å². The second-order valence-corrected chi connectivity index (χ2v) is 8.17. The first-order valence-corrected chi connectivity index (χ1v) is 9.76. The van der Waals surface area contributed by atoms with E-state index in [9.17, 15) is 4.79 Å². The molecule has 0 radical (unpaired) electrons. The molecular formula is C20H23N3OS. The molecule has 1 aliphatic rings. The van der Waals surface area contributed by atoms with Crippen LogP contribution in [-0.2, 0) is 12.8 Å². The molecule has 0 saturated carbocycles. The highest BCUT2D eigenvalue weighted by Gasteiger charge is 2.22. The third-order valence-electron chi connectivity index (χ3n) is 4.85. The van der Waals surface area contributed by atoms with Gasteiger partial charge in [-0.2, -0.15) is 0 Å². The molecule has 0 saturated heterocycles. The van der Waals surface area contributed by atoms with Crippen LogP contribution in [0.1, 0.15) is 48.7 Å². The Balaban J connectivity index is 1.89. The lowest BCUT2D eigenvalue weighted by Gasteiger charge is -2.17. The number of nitrogens with one attached hydrogen (secondary N) is 1. The van der Waals surface area contributed by atoms with E-state index < -0.39 is 0 Å². The lowest BCUT2D eigenvalue weighted by atomic mass is 9.97. The maximum Gasteiger partial charge on any atom is 0.264 e. The van der Waals surface area contributed by atoms with Crippen LogP contribution < -0.4 is 10.9 Å². The summed E-state index contributed by atoms with van der Waals surface area (Å²) in [4.78, 5) is 20.3. The molecule has 5 heteroatoms. The molecule has 0 fully saturated rings. The highest BCUT2D eigenvalue weighted by atomic mass is 32.1. The Morgan fingerprint density at radius 3 is 2.60 bits per heavy atom. The molecule has 1 N–H and O–H groups in total. The number of hydrogen-bond acceptors (Lipinski definition) is 4. The first-order chi connectivity index (χ1) is 12.0. The summed E-state index contributed by atoms with van der Waals surface area (Å²) in [6.07, 6.45) is 4.48. The van der Waals surface area contributed by atoms with Crippen LogP contribution in [-0.4, -0.2) is 9.55 Å². The zero-order valence-electron chi connectivity index (χ0n) is 14.9. The van der Waals surface area contributed by atoms with E-state index in [1.807, 2.05) is 26.0 Å². The largest absolute Gasteiger partial charge is 0.325 e. The Kier molecular flexibility index (Phi) is 4.12. The molecule has 1 aromatic carbocycles. The Morgan fingerprint density at radius 1 is 1.16 bits per heavy atom. The minimum absolute atomic E-state index is 0.0523. The van der Waals surface area contributed by atoms with Crippen LogP contribution in [0.5, 0.6) is 0 Å². The van der Waals surface area contributed by atoms with Gasteiger partial charge in [0.15, 0.2) is 0 Å². The average Bonchev–Trinajstić information content (AvgIpc) is 2.95. The van der Waals surface area contributed by atoms with Crippen molar-refractivity contribution < 1.29 is 0 Å². The topological polar surface area (TPSA) is 46.9 Å². The van der Waals surface area contributed by atoms with E-state index in [1.165, 1.54) is 28.8 Å². The summed E-state index contributed by atoms with van der Waals surface area (Å²) in [7, 11) is 0. The standard InChI is InChI=1S/C20H23N3OS/c1-12(2)23-19(24)17-15-6-4-5-7-16(15)25-18(17)22-20(23)21-14-10-8-13(3)9-11-14/h8-12H,4-7H2,1-3H3,(H,21,22). The van der Waals surface area contributed by atoms with Crippen molar-refractivity contribution in [2.45, 2.75) is 52.5 Å². The summed E-state index contributed by atoms with van der Waals surface area (Å²) in [6.45, 7) is 6.14. The second-order valence-electron chi connectivity index (χ2n) is 7.09. The first-order valence-electron chi connectivity index (χ1n) is 8.95. The number of benzene rings is 1. The van der Waals surface area contributed by atoms with E-state index in [0.29, 0.717) is 5.95 Å². The van der Waals surface area contributed by atoms with Gasteiger partial charge in [-0.3, -0.25) is 9.36 Å². The second kappa shape index (κ2) is 6.30. The maximum absolute atomic E-state index is 13.3. The Bertz CT molecular complexity index is 983. The fourth-order valence-corrected chi connectivity index (χ4v) is 4.80. The fraction of sp³-hybridized carbons (Fsp3) is 0.400. The van der Waals surface area contributed by atoms with Crippen molar-refractivity contribution in [1.82, 2.24) is 9.55 Å². The molecule has 0 unspecified atom stereocenters. The SMILES string of the molecule is Cc1ccc(Nc2nc3sc4c(c3c(=O)n2C(C)C)CCCC4)cc1. The Morgan fingerprint density at radius 2 is 1.88 bits per heavy atom. The van der Waals surface area contributed by atoms with Crippen molar-refractivity contribution in [2.24, 2.45) is 0 Å². The number of hydrogen-bond donors (Lipinski definition) is 1. The van der Waals surface area contributed by atoms with E-state index in [-0.39, 0.29) is 11.6 Å². The van der Waals surface area contributed by atoms with Crippen LogP contribution in [0.4, 0.5) is 11.6 Å². The zero-order valence-corrected chi connectivity index (χ0v) is 15.7. The molecule has 3 aromatic rings. The minimum atomic E-state index is 0.0523. The van der Waals surface area contributed by atoms with Crippen LogP contribution in [0.3, 0.4) is 0 Å². The van der Waals surface area contributed by atoms with Gasteiger partial charge in [-0.25, -0.2) is 4.98 Å². The van der Waals surface area contributed by atoms with Gasteiger partial charge in [0.2, 0.25) is 5.95 Å². The van der Waals surface area contributed by atoms with Crippen LogP contribution in [0.2, 0.25) is 0 Å². The summed E-state index contributed by atoms with van der Waals surface area (Å²) in [5.41, 5.74) is 3.50. The normalized spacial score (nSPS) is 14.1. The molecule has 130 valence electrons. The highest BCUT2D eigenvalue weighted by molar-refractivity contribution is 7.18. The lowest BCUT2D eigenvalue weighted by molar-refractivity contribution is 0.582. The molecule has 2 aromatic heterocycles. The Labute approximate surface area is 151 Å². The van der Waals surface area contributed by atoms with Gasteiger partial charge in [-0.1, -0.05) is 17.7 Å². The lowest BCUT2D eigenvalue weighted by Crippen LogP contribution is -2.26. The summed E-state index contributed by atoms with van der Waals surface area (Å²) < 4.78 is 1.80. The molecular weight excluding hydrogens is 330 g/mol. The third kappa shape index (κ3) is 2.86. The summed E-state index contributed by atoms with van der Waals surface area (Å²) >= 11 is 1.70. The van der Waals surface area contributed by atoms with Crippen molar-refractivity contribution in [3.63, 3.8) is 0 Å². The number of fused-ring (bicyclic) bond motifs is 3. The van der Waals surface area contributed by atoms with E-state index in [1.54, 1.807) is 15.9 Å². The predicted octanol–water partition coefficient (Wildman–Crippen LogP) is 4.97. The number of anilines is 2. The molecule has 4 nitrogen and oxygen atoms in total. The average molecular weight is 353 g/mol. The monoisotopic (exact) mass is 353 g/mol. The van der Waals surface area contributed by atoms with Crippen molar-refractivity contribution in [3.05, 3.63) is 50.6 Å². The molecule has 0 amide bonds. The van der Waals surface area contributed by atoms with E-state index in [4.69, 9.17) is 4.98 Å². The molecule has 0 atom stereocenters. The van der Waals surface area contributed by atoms with Crippen molar-refractivity contribution >= 4 is 33.2 Å². The number of rotatable bonds is 3. The van der Waals surface area contributed by atoms with Crippen LogP contribution >= 0.6 is 11.3 Å². The number of aromatic nitrogens is 2. The van der Waals surface area contributed by atoms with Crippen molar-refractivity contribution in [1.29, 1.82) is 0 Å². The molecule has 4 rings (SSSR count). The van der Waals surface area contributed by atoms with Gasteiger partial charge in [0.25, 0.3) is 5.56 Å². The summed E-state index contributed by atoms with van der Waals surface area (Å²) in [5.74, 6) is 0.634. The van der Waals surface area contributed by atoms with Gasteiger partial charge < -0.3 is 5.32 Å². The van der Waals surface area contributed by atoms with Crippen molar-refractivity contribution in [3.8, 4) is 0 Å². The molecule has 2 heterocycles. The van der Waals surface area contributed by atoms with Crippen LogP contribution in [0.15, 0.2) is 29.1 Å². The first kappa shape index (κ1) is 16.3. The van der Waals surface area contributed by atoms with Gasteiger partial charge >= 0.3 is 0 Å². The molecule has 0 aliphatic heterocycles. The minimum Gasteiger partial charge on any atom is -0.325 e. The maximum atomic E-state index is 13.3. The number of thiophene rings is 1. The zero-order chi connectivity index (χ0) is 17.6. The highest BCUT2D eigenvalue weighted by Crippen LogP contribution is 2.35. The predicted molar refractivity (Wildman–Crippen MR) is 105 cm³/mol. The quantitative estimate of drug-likeness (QED) is 0.723. The van der Waals surface area contributed by atoms with Gasteiger partial charge in [0, 0.05) is 16.6 Å². The Hall–Kier alpha value is -2.14. The molecule has 0 spiro atoms. The molecule has 0 bridgehead atoms. The van der Waals surface area contributed by atoms with Crippen molar-refractivity contribution in [2.75, 3.05) is 5.32 Å². The molecule has 25 heavy (non-hydrogen) atoms. The number of aryl methyl sites for hydroxylation is 3. The number of nitrogens with zero attached hydrogens (tertiary/aromatic N) is 2. The smallest absolute Gasteiger partial charge is 0.264 e. The fourth-order valence-electron chi connectivity index (χ4n) is 3.55. The van der Waals surface area contributed by atoms with Crippen LogP contribution in [0.25, 0.3) is 10.2 Å². The van der Waals surface area contributed by atoms with Gasteiger partial charge in [0.05, 0.1) is 5.39 Å². The van der Waals surface area contributed by atoms with Gasteiger partial charge in [-0.15, -0.1) is 11.3 Å². The van der Waals surface area contributed by atoms with Gasteiger partial charge in [0.1, 0.15) is 4.83 Å². The van der Waals surface area contributed by atoms with Gasteiger partial charge in [-0.05, 0) is 64.2 Å². The molecule has 1 aliphatic carbocycles. The van der Waals surface area contributed by atoms with E-state index in [0.717, 1.165) is 28.7 Å². The summed E-state index contributed by atoms with van der Waals surface area (Å²) in [5, 5.41) is 4.20. The van der Waals surface area contributed by atoms with Crippen LogP contribution in [0, 0.1) is 6.92 Å². The summed E-state index contributed by atoms with van der Waals surface area (Å²) in [6, 6.07) is 8.22. The van der Waals surface area contributed by atoms with E-state index >= 15 is 0 Å². The third-order valence-corrected chi connectivity index (χ3v) is 6.03.